The number of carbonyl (C=O) groups is 1. The number of nitrogens with zero attached hydrogens (tertiary/aromatic N) is 4. The zero-order valence-electron chi connectivity index (χ0n) is 23.0. The van der Waals surface area contributed by atoms with Crippen LogP contribution in [0.3, 0.4) is 0 Å². The van der Waals surface area contributed by atoms with Gasteiger partial charge in [-0.3, -0.25) is 14.9 Å². The number of carbonyl (C=O) groups excluding carboxylic acids is 1. The molecule has 2 N–H and O–H groups in total. The molecule has 2 aromatic heterocycles. The summed E-state index contributed by atoms with van der Waals surface area (Å²) in [5.74, 6) is 1.77. The highest BCUT2D eigenvalue weighted by Crippen LogP contribution is 2.44. The van der Waals surface area contributed by atoms with Crippen LogP contribution in [0.1, 0.15) is 82.4 Å². The minimum Gasteiger partial charge on any atom is -0.353 e. The first kappa shape index (κ1) is 26.2. The van der Waals surface area contributed by atoms with Crippen molar-refractivity contribution in [1.29, 1.82) is 5.41 Å². The number of amides is 1. The Hall–Kier alpha value is -2.38. The van der Waals surface area contributed by atoms with Crippen molar-refractivity contribution in [3.05, 3.63) is 35.5 Å². The van der Waals surface area contributed by atoms with Gasteiger partial charge in [0.1, 0.15) is 6.17 Å². The fraction of sp³-hybridized carbons (Fsp3) is 0.759. The summed E-state index contributed by atoms with van der Waals surface area (Å²) in [4.78, 5) is 13.9. The SMILES string of the molecule is CCn1cc(C2CC(Cn3ccn(C)c3=N)CC(C(=O)N[C@@H](C3CC3)C3CCC(F)C(C)C3)C2)c(C)n1. The Balaban J connectivity index is 1.34. The molecule has 37 heavy (non-hydrogen) atoms. The molecule has 0 aliphatic heterocycles. The maximum absolute atomic E-state index is 14.2. The molecule has 204 valence electrons. The van der Waals surface area contributed by atoms with Crippen LogP contribution in [0.4, 0.5) is 4.39 Å². The summed E-state index contributed by atoms with van der Waals surface area (Å²) in [5, 5.41) is 16.6. The zero-order chi connectivity index (χ0) is 26.3. The topological polar surface area (TPSA) is 80.6 Å². The Labute approximate surface area is 220 Å². The van der Waals surface area contributed by atoms with Crippen molar-refractivity contribution in [3.8, 4) is 0 Å². The van der Waals surface area contributed by atoms with Crippen LogP contribution in [0.5, 0.6) is 0 Å². The van der Waals surface area contributed by atoms with Crippen molar-refractivity contribution in [2.24, 2.45) is 36.6 Å². The van der Waals surface area contributed by atoms with Gasteiger partial charge in [0.2, 0.25) is 11.5 Å². The van der Waals surface area contributed by atoms with Crippen molar-refractivity contribution in [3.63, 3.8) is 0 Å². The fourth-order valence-corrected chi connectivity index (χ4v) is 7.18. The van der Waals surface area contributed by atoms with Crippen molar-refractivity contribution < 1.29 is 9.18 Å². The van der Waals surface area contributed by atoms with Gasteiger partial charge in [-0.2, -0.15) is 5.10 Å². The van der Waals surface area contributed by atoms with Crippen LogP contribution >= 0.6 is 0 Å². The lowest BCUT2D eigenvalue weighted by Crippen LogP contribution is -2.48. The van der Waals surface area contributed by atoms with E-state index in [9.17, 15) is 9.18 Å². The predicted molar refractivity (Wildman–Crippen MR) is 142 cm³/mol. The van der Waals surface area contributed by atoms with Crippen LogP contribution < -0.4 is 10.9 Å². The molecule has 2 aromatic rings. The number of imidazole rings is 1. The third-order valence-electron chi connectivity index (χ3n) is 9.51. The molecule has 3 aliphatic rings. The van der Waals surface area contributed by atoms with E-state index in [1.165, 1.54) is 18.4 Å². The third-order valence-corrected chi connectivity index (χ3v) is 9.51. The molecule has 7 nitrogen and oxygen atoms in total. The first-order valence-electron chi connectivity index (χ1n) is 14.5. The van der Waals surface area contributed by atoms with E-state index >= 15 is 0 Å². The van der Waals surface area contributed by atoms with E-state index in [1.54, 1.807) is 0 Å². The summed E-state index contributed by atoms with van der Waals surface area (Å²) in [7, 11) is 1.90. The molecule has 0 saturated heterocycles. The van der Waals surface area contributed by atoms with Crippen molar-refractivity contribution in [2.75, 3.05) is 0 Å². The van der Waals surface area contributed by atoms with Gasteiger partial charge in [-0.05, 0) is 100 Å². The maximum atomic E-state index is 14.2. The molecular weight excluding hydrogens is 467 g/mol. The first-order valence-corrected chi connectivity index (χ1v) is 14.5. The molecule has 3 saturated carbocycles. The van der Waals surface area contributed by atoms with Gasteiger partial charge in [0.25, 0.3) is 0 Å². The largest absolute Gasteiger partial charge is 0.353 e. The molecule has 0 bridgehead atoms. The average molecular weight is 513 g/mol. The maximum Gasteiger partial charge on any atom is 0.223 e. The number of nitrogens with one attached hydrogen (secondary N) is 2. The lowest BCUT2D eigenvalue weighted by Gasteiger charge is -2.38. The summed E-state index contributed by atoms with van der Waals surface area (Å²) >= 11 is 0. The minimum atomic E-state index is -0.698. The quantitative estimate of drug-likeness (QED) is 0.538. The van der Waals surface area contributed by atoms with E-state index in [4.69, 9.17) is 10.5 Å². The Kier molecular flexibility index (Phi) is 7.64. The number of rotatable bonds is 8. The summed E-state index contributed by atoms with van der Waals surface area (Å²) in [6, 6.07) is 0.189. The second-order valence-corrected chi connectivity index (χ2v) is 12.3. The Morgan fingerprint density at radius 3 is 2.54 bits per heavy atom. The molecular formula is C29H45FN6O. The summed E-state index contributed by atoms with van der Waals surface area (Å²) in [6.07, 6.45) is 12.8. The molecule has 0 spiro atoms. The second kappa shape index (κ2) is 10.8. The molecule has 3 aliphatic carbocycles. The van der Waals surface area contributed by atoms with Gasteiger partial charge in [-0.25, -0.2) is 4.39 Å². The van der Waals surface area contributed by atoms with E-state index < -0.39 is 6.17 Å². The highest BCUT2D eigenvalue weighted by molar-refractivity contribution is 5.79. The van der Waals surface area contributed by atoms with Gasteiger partial charge in [-0.15, -0.1) is 0 Å². The van der Waals surface area contributed by atoms with E-state index in [0.29, 0.717) is 29.8 Å². The van der Waals surface area contributed by atoms with Crippen LogP contribution in [0.25, 0.3) is 0 Å². The average Bonchev–Trinajstić information content (AvgIpc) is 3.59. The van der Waals surface area contributed by atoms with Crippen LogP contribution in [-0.2, 0) is 24.9 Å². The lowest BCUT2D eigenvalue weighted by molar-refractivity contribution is -0.128. The lowest BCUT2D eigenvalue weighted by atomic mass is 9.71. The molecule has 0 radical (unpaired) electrons. The van der Waals surface area contributed by atoms with Gasteiger partial charge < -0.3 is 14.5 Å². The molecule has 8 heteroatoms. The summed E-state index contributed by atoms with van der Waals surface area (Å²) in [5.41, 5.74) is 2.82. The van der Waals surface area contributed by atoms with Crippen molar-refractivity contribution >= 4 is 5.91 Å². The van der Waals surface area contributed by atoms with Crippen molar-refractivity contribution in [2.45, 2.75) is 103 Å². The number of halogens is 1. The van der Waals surface area contributed by atoms with Crippen LogP contribution in [0, 0.1) is 41.9 Å². The zero-order valence-corrected chi connectivity index (χ0v) is 23.0. The molecule has 2 heterocycles. The van der Waals surface area contributed by atoms with Crippen LogP contribution in [-0.4, -0.2) is 37.0 Å². The number of aromatic nitrogens is 4. The smallest absolute Gasteiger partial charge is 0.223 e. The number of alkyl halides is 1. The van der Waals surface area contributed by atoms with E-state index in [2.05, 4.69) is 25.4 Å². The monoisotopic (exact) mass is 512 g/mol. The number of hydrogen-bond donors (Lipinski definition) is 2. The molecule has 7 atom stereocenters. The molecule has 6 unspecified atom stereocenters. The van der Waals surface area contributed by atoms with Gasteiger partial charge in [0.15, 0.2) is 0 Å². The summed E-state index contributed by atoms with van der Waals surface area (Å²) < 4.78 is 20.0. The third kappa shape index (κ3) is 5.73. The minimum absolute atomic E-state index is 0.0530. The normalized spacial score (nSPS) is 31.3. The Morgan fingerprint density at radius 1 is 1.16 bits per heavy atom. The Morgan fingerprint density at radius 2 is 1.92 bits per heavy atom. The number of hydrogen-bond acceptors (Lipinski definition) is 3. The van der Waals surface area contributed by atoms with Crippen molar-refractivity contribution in [1.82, 2.24) is 24.2 Å². The molecule has 5 rings (SSSR count). The fourth-order valence-electron chi connectivity index (χ4n) is 7.18. The predicted octanol–water partition coefficient (Wildman–Crippen LogP) is 4.70. The van der Waals surface area contributed by atoms with E-state index in [-0.39, 0.29) is 29.7 Å². The Bertz CT molecular complexity index is 1150. The first-order chi connectivity index (χ1) is 17.7. The molecule has 1 amide bonds. The van der Waals surface area contributed by atoms with Gasteiger partial charge in [-0.1, -0.05) is 6.92 Å². The van der Waals surface area contributed by atoms with Crippen LogP contribution in [0.15, 0.2) is 18.6 Å². The highest BCUT2D eigenvalue weighted by atomic mass is 19.1. The van der Waals surface area contributed by atoms with Crippen LogP contribution in [0.2, 0.25) is 0 Å². The van der Waals surface area contributed by atoms with E-state index in [0.717, 1.165) is 50.9 Å². The standard InChI is InChI=1S/C29H45FN6O/c1-5-36-17-25(19(3)33-36)23-13-20(16-35-11-10-34(4)29(35)31)14-24(15-23)28(37)32-27(21-6-7-21)22-8-9-26(30)18(2)12-22/h10-11,17-18,20-24,26-27,31H,5-9,12-16H2,1-4H3,(H,32,37)/t18?,20?,22?,23?,24?,26?,27-/m0/s1. The molecule has 0 aromatic carbocycles. The van der Waals surface area contributed by atoms with Gasteiger partial charge in [0, 0.05) is 50.7 Å². The van der Waals surface area contributed by atoms with E-state index in [1.807, 2.05) is 40.2 Å². The molecule has 3 fully saturated rings. The number of aryl methyl sites for hydroxylation is 3. The summed E-state index contributed by atoms with van der Waals surface area (Å²) in [6.45, 7) is 7.81. The van der Waals surface area contributed by atoms with Gasteiger partial charge >= 0.3 is 0 Å². The van der Waals surface area contributed by atoms with Gasteiger partial charge in [0.05, 0.1) is 5.69 Å². The second-order valence-electron chi connectivity index (χ2n) is 12.3. The highest BCUT2D eigenvalue weighted by Gasteiger charge is 2.43.